The summed E-state index contributed by atoms with van der Waals surface area (Å²) < 4.78 is 6.03. The van der Waals surface area contributed by atoms with Crippen molar-refractivity contribution >= 4 is 27.7 Å². The van der Waals surface area contributed by atoms with Gasteiger partial charge in [0.15, 0.2) is 0 Å². The minimum Gasteiger partial charge on any atom is -0.506 e. The number of aliphatic imine (C=N–C) groups is 1. The van der Waals surface area contributed by atoms with Crippen molar-refractivity contribution in [3.63, 3.8) is 0 Å². The number of fused-ring (bicyclic) bond motifs is 2. The van der Waals surface area contributed by atoms with Crippen LogP contribution in [-0.2, 0) is 0 Å². The second-order valence-electron chi connectivity index (χ2n) is 8.90. The van der Waals surface area contributed by atoms with Gasteiger partial charge in [-0.25, -0.2) is 4.98 Å². The molecular formula is C25H26N2O2S. The van der Waals surface area contributed by atoms with Crippen LogP contribution in [0.25, 0.3) is 10.9 Å². The third-order valence-corrected chi connectivity index (χ3v) is 7.96. The van der Waals surface area contributed by atoms with Crippen LogP contribution in [0.3, 0.4) is 0 Å². The van der Waals surface area contributed by atoms with E-state index in [1.807, 2.05) is 54.2 Å². The number of hydrogen-bond donors (Lipinski definition) is 1. The topological polar surface area (TPSA) is 54.7 Å². The number of nitrogens with zero attached hydrogens (tertiary/aromatic N) is 2. The van der Waals surface area contributed by atoms with Crippen LogP contribution in [-0.4, -0.2) is 26.4 Å². The molecule has 0 spiro atoms. The highest BCUT2D eigenvalue weighted by molar-refractivity contribution is 8.15. The number of aromatic nitrogens is 1. The lowest BCUT2D eigenvalue weighted by Crippen LogP contribution is -2.32. The fraction of sp³-hybridized carbons (Fsp3) is 0.360. The maximum absolute atomic E-state index is 10.1. The molecule has 1 N–H and O–H groups in total. The highest BCUT2D eigenvalue weighted by Gasteiger charge is 2.42. The lowest BCUT2D eigenvalue weighted by Gasteiger charge is -2.31. The Morgan fingerprint density at radius 1 is 1.07 bits per heavy atom. The van der Waals surface area contributed by atoms with Crippen molar-refractivity contribution < 1.29 is 9.84 Å². The summed E-state index contributed by atoms with van der Waals surface area (Å²) in [5.74, 6) is 1.35. The van der Waals surface area contributed by atoms with Crippen LogP contribution in [0.4, 0.5) is 0 Å². The molecule has 2 aromatic carbocycles. The quantitative estimate of drug-likeness (QED) is 0.523. The summed E-state index contributed by atoms with van der Waals surface area (Å²) in [5.41, 5.74) is 1.96. The molecule has 0 amide bonds. The molecule has 0 unspecified atom stereocenters. The Hall–Kier alpha value is -2.53. The number of phenolic OH excluding ortho intramolecular Hbond substituents is 1. The van der Waals surface area contributed by atoms with Gasteiger partial charge in [0.05, 0.1) is 11.1 Å². The van der Waals surface area contributed by atoms with Gasteiger partial charge in [-0.05, 0) is 42.5 Å². The van der Waals surface area contributed by atoms with Gasteiger partial charge in [-0.3, -0.25) is 4.99 Å². The molecule has 5 rings (SSSR count). The SMILES string of the molecule is CC1(C)CCCC[C@@H]2N=C(c3cccc(Oc4ccc5cccc(O)c5n4)c3)S[C@@H]21. The lowest BCUT2D eigenvalue weighted by atomic mass is 9.83. The highest BCUT2D eigenvalue weighted by Crippen LogP contribution is 2.47. The number of para-hydroxylation sites is 1. The van der Waals surface area contributed by atoms with E-state index in [0.717, 1.165) is 21.7 Å². The summed E-state index contributed by atoms with van der Waals surface area (Å²) in [4.78, 5) is 9.59. The Balaban J connectivity index is 1.40. The molecule has 3 aromatic rings. The molecule has 1 aliphatic heterocycles. The first kappa shape index (κ1) is 19.4. The Morgan fingerprint density at radius 2 is 1.93 bits per heavy atom. The molecule has 1 aliphatic carbocycles. The van der Waals surface area contributed by atoms with Gasteiger partial charge < -0.3 is 9.84 Å². The third kappa shape index (κ3) is 3.67. The largest absolute Gasteiger partial charge is 0.506 e. The third-order valence-electron chi connectivity index (χ3n) is 6.19. The lowest BCUT2D eigenvalue weighted by molar-refractivity contribution is 0.315. The number of phenols is 1. The second-order valence-corrected chi connectivity index (χ2v) is 10.0. The zero-order valence-electron chi connectivity index (χ0n) is 17.3. The molecule has 154 valence electrons. The Labute approximate surface area is 181 Å². The fourth-order valence-electron chi connectivity index (χ4n) is 4.55. The number of thioether (sulfide) groups is 1. The zero-order chi connectivity index (χ0) is 20.7. The van der Waals surface area contributed by atoms with E-state index >= 15 is 0 Å². The van der Waals surface area contributed by atoms with Gasteiger partial charge in [-0.1, -0.05) is 51.0 Å². The fourth-order valence-corrected chi connectivity index (χ4v) is 6.04. The van der Waals surface area contributed by atoms with E-state index in [1.165, 1.54) is 25.7 Å². The summed E-state index contributed by atoms with van der Waals surface area (Å²) in [6.45, 7) is 4.78. The van der Waals surface area contributed by atoms with Crippen molar-refractivity contribution in [2.24, 2.45) is 10.4 Å². The van der Waals surface area contributed by atoms with Gasteiger partial charge in [-0.15, -0.1) is 11.8 Å². The minimum absolute atomic E-state index is 0.157. The summed E-state index contributed by atoms with van der Waals surface area (Å²) in [6.07, 6.45) is 5.04. The molecule has 2 aliphatic rings. The molecule has 2 atom stereocenters. The van der Waals surface area contributed by atoms with Gasteiger partial charge in [-0.2, -0.15) is 0 Å². The predicted octanol–water partition coefficient (Wildman–Crippen LogP) is 6.56. The van der Waals surface area contributed by atoms with Crippen molar-refractivity contribution in [2.45, 2.75) is 50.8 Å². The molecule has 0 saturated heterocycles. The van der Waals surface area contributed by atoms with E-state index < -0.39 is 0 Å². The highest BCUT2D eigenvalue weighted by atomic mass is 32.2. The van der Waals surface area contributed by atoms with Gasteiger partial charge in [0.2, 0.25) is 5.88 Å². The smallest absolute Gasteiger partial charge is 0.219 e. The van der Waals surface area contributed by atoms with Crippen molar-refractivity contribution in [3.8, 4) is 17.4 Å². The molecule has 0 bridgehead atoms. The van der Waals surface area contributed by atoms with E-state index in [0.29, 0.717) is 28.1 Å². The molecule has 1 aromatic heterocycles. The van der Waals surface area contributed by atoms with Crippen LogP contribution in [0, 0.1) is 5.41 Å². The van der Waals surface area contributed by atoms with E-state index in [1.54, 1.807) is 6.07 Å². The van der Waals surface area contributed by atoms with E-state index in [4.69, 9.17) is 9.73 Å². The predicted molar refractivity (Wildman–Crippen MR) is 124 cm³/mol. The first-order valence-electron chi connectivity index (χ1n) is 10.6. The second kappa shape index (κ2) is 7.62. The molecular weight excluding hydrogens is 392 g/mol. The van der Waals surface area contributed by atoms with Crippen LogP contribution in [0.5, 0.6) is 17.4 Å². The first-order valence-corrected chi connectivity index (χ1v) is 11.5. The minimum atomic E-state index is 0.157. The number of hydrogen-bond acceptors (Lipinski definition) is 5. The normalized spacial score (nSPS) is 22.9. The summed E-state index contributed by atoms with van der Waals surface area (Å²) in [7, 11) is 0. The Morgan fingerprint density at radius 3 is 2.83 bits per heavy atom. The monoisotopic (exact) mass is 418 g/mol. The van der Waals surface area contributed by atoms with Crippen LogP contribution in [0.2, 0.25) is 0 Å². The van der Waals surface area contributed by atoms with Crippen molar-refractivity contribution in [1.82, 2.24) is 4.98 Å². The summed E-state index contributed by atoms with van der Waals surface area (Å²) >= 11 is 1.93. The Kier molecular flexibility index (Phi) is 4.94. The van der Waals surface area contributed by atoms with Gasteiger partial charge in [0.25, 0.3) is 0 Å². The van der Waals surface area contributed by atoms with Crippen molar-refractivity contribution in [2.75, 3.05) is 0 Å². The van der Waals surface area contributed by atoms with Crippen LogP contribution < -0.4 is 4.74 Å². The van der Waals surface area contributed by atoms with Crippen molar-refractivity contribution in [3.05, 3.63) is 60.2 Å². The zero-order valence-corrected chi connectivity index (χ0v) is 18.2. The summed E-state index contributed by atoms with van der Waals surface area (Å²) in [6, 6.07) is 17.6. The number of pyridine rings is 1. The van der Waals surface area contributed by atoms with Crippen molar-refractivity contribution in [1.29, 1.82) is 0 Å². The van der Waals surface area contributed by atoms with Crippen LogP contribution in [0.15, 0.2) is 59.6 Å². The molecule has 1 fully saturated rings. The molecule has 2 heterocycles. The van der Waals surface area contributed by atoms with Gasteiger partial charge in [0, 0.05) is 22.3 Å². The standard InChI is InChI=1S/C25H26N2O2S/c1-25(2)14-4-3-10-19-23(25)30-24(26-19)17-8-5-9-18(15-17)29-21-13-12-16-7-6-11-20(28)22(16)27-21/h5-9,11-13,15,19,23,28H,3-4,10,14H2,1-2H3/t19-,23-/m0/s1. The number of rotatable bonds is 3. The average molecular weight is 419 g/mol. The van der Waals surface area contributed by atoms with Gasteiger partial charge in [0.1, 0.15) is 17.0 Å². The van der Waals surface area contributed by atoms with Crippen LogP contribution >= 0.6 is 11.8 Å². The molecule has 30 heavy (non-hydrogen) atoms. The molecule has 5 heteroatoms. The van der Waals surface area contributed by atoms with E-state index in [2.05, 4.69) is 24.9 Å². The molecule has 0 radical (unpaired) electrons. The summed E-state index contributed by atoms with van der Waals surface area (Å²) in [5, 5.41) is 12.6. The maximum Gasteiger partial charge on any atom is 0.219 e. The average Bonchev–Trinajstić information content (AvgIpc) is 3.12. The number of ether oxygens (including phenoxy) is 1. The van der Waals surface area contributed by atoms with E-state index in [9.17, 15) is 5.11 Å². The number of aromatic hydroxyl groups is 1. The van der Waals surface area contributed by atoms with Gasteiger partial charge >= 0.3 is 0 Å². The van der Waals surface area contributed by atoms with Crippen LogP contribution in [0.1, 0.15) is 45.1 Å². The number of benzene rings is 2. The Bertz CT molecular complexity index is 1130. The molecule has 4 nitrogen and oxygen atoms in total. The van der Waals surface area contributed by atoms with E-state index in [-0.39, 0.29) is 5.75 Å². The maximum atomic E-state index is 10.1. The molecule has 1 saturated carbocycles. The first-order chi connectivity index (χ1) is 14.5.